The van der Waals surface area contributed by atoms with Gasteiger partial charge in [-0.1, -0.05) is 0 Å². The van der Waals surface area contributed by atoms with Gasteiger partial charge in [-0.15, -0.1) is 0 Å². The molecule has 0 atom stereocenters. The van der Waals surface area contributed by atoms with Crippen molar-refractivity contribution in [2.75, 3.05) is 0 Å². The van der Waals surface area contributed by atoms with Crippen molar-refractivity contribution >= 4 is 34.7 Å². The van der Waals surface area contributed by atoms with Crippen LogP contribution in [0.3, 0.4) is 0 Å². The van der Waals surface area contributed by atoms with Crippen LogP contribution in [0.4, 0.5) is 0 Å². The first-order valence-corrected chi connectivity index (χ1v) is 6.76. The zero-order valence-electron chi connectivity index (χ0n) is 5.63. The molecule has 0 heterocycles. The van der Waals surface area contributed by atoms with E-state index in [2.05, 4.69) is 11.2 Å². The molecule has 0 fully saturated rings. The molecule has 0 aliphatic rings. The highest BCUT2D eigenvalue weighted by atomic mass is 35.7. The van der Waals surface area contributed by atoms with Crippen LogP contribution in [0.1, 0.15) is 0 Å². The third-order valence-corrected chi connectivity index (χ3v) is 0. The molecule has 0 saturated carbocycles. The summed E-state index contributed by atoms with van der Waals surface area (Å²) < 4.78 is 26.4. The highest BCUT2D eigenvalue weighted by Gasteiger charge is 2.00. The molecule has 0 amide bonds. The van der Waals surface area contributed by atoms with E-state index in [1.807, 2.05) is 0 Å². The second-order valence-corrected chi connectivity index (χ2v) is 3.70. The van der Waals surface area contributed by atoms with Gasteiger partial charge in [-0.05, 0) is 11.2 Å². The van der Waals surface area contributed by atoms with Gasteiger partial charge in [0.1, 0.15) is 0 Å². The molecule has 13 heteroatoms. The first kappa shape index (κ1) is 19.2. The molecule has 0 aliphatic carbocycles. The van der Waals surface area contributed by atoms with Crippen LogP contribution in [0.15, 0.2) is 0 Å². The summed E-state index contributed by atoms with van der Waals surface area (Å²) in [5.41, 5.74) is 0. The zero-order valence-corrected chi connectivity index (χ0v) is 9.07. The van der Waals surface area contributed by atoms with Crippen molar-refractivity contribution in [2.24, 2.45) is 0 Å². The summed E-state index contributed by atoms with van der Waals surface area (Å²) in [5.74, 6) is 0. The smallest absolute Gasteiger partial charge is 0.303 e. The molecule has 0 spiro atoms. The predicted octanol–water partition coefficient (Wildman–Crippen LogP) is -0.425. The zero-order chi connectivity index (χ0) is 11.7. The Bertz CT molecular complexity index is 160. The first-order chi connectivity index (χ1) is 5.41. The number of rotatable bonds is 0. The molecule has 0 bridgehead atoms. The number of hydrogen-bond donors (Lipinski definition) is 6. The maximum absolute atomic E-state index is 8.88. The molecule has 82 valence electrons. The summed E-state index contributed by atoms with van der Waals surface area (Å²) in [4.78, 5) is 43.1. The van der Waals surface area contributed by atoms with Gasteiger partial charge in [0.15, 0.2) is 0 Å². The Labute approximate surface area is 78.5 Å². The Kier molecular flexibility index (Phi) is 13.6. The Morgan fingerprint density at radius 2 is 0.846 bits per heavy atom. The molecule has 0 radical (unpaired) electrons. The average Bonchev–Trinajstić information content (AvgIpc) is 1.52. The van der Waals surface area contributed by atoms with Gasteiger partial charge in [0.2, 0.25) is 0 Å². The van der Waals surface area contributed by atoms with E-state index in [1.54, 1.807) is 0 Å². The second kappa shape index (κ2) is 9.18. The minimum atomic E-state index is -4.64. The number of phosphoric acid groups is 2. The van der Waals surface area contributed by atoms with Crippen LogP contribution < -0.4 is 0 Å². The summed E-state index contributed by atoms with van der Waals surface area (Å²) >= 11 is 4.42. The Balaban J connectivity index is -0.000000120. The number of hydrogen-bond acceptors (Lipinski definition) is 3. The van der Waals surface area contributed by atoms with Crippen LogP contribution in [-0.2, 0) is 13.7 Å². The third-order valence-electron chi connectivity index (χ3n) is 0. The van der Waals surface area contributed by atoms with Crippen LogP contribution in [-0.4, -0.2) is 29.4 Å². The average molecular weight is 278 g/mol. The van der Waals surface area contributed by atoms with Crippen LogP contribution in [0.2, 0.25) is 0 Å². The van der Waals surface area contributed by atoms with Crippen molar-refractivity contribution in [1.29, 1.82) is 0 Å². The topological polar surface area (TPSA) is 173 Å². The van der Waals surface area contributed by atoms with Gasteiger partial charge < -0.3 is 29.4 Å². The quantitative estimate of drug-likeness (QED) is 0.321. The minimum absolute atomic E-state index is 0.361. The van der Waals surface area contributed by atoms with E-state index in [0.29, 0.717) is 0 Å². The molecule has 0 aromatic carbocycles. The van der Waals surface area contributed by atoms with Crippen molar-refractivity contribution in [3.63, 3.8) is 0 Å². The second-order valence-electron chi connectivity index (χ2n) is 1.10. The van der Waals surface area contributed by atoms with Gasteiger partial charge in [-0.3, -0.25) is 4.57 Å². The van der Waals surface area contributed by atoms with E-state index in [1.165, 1.54) is 0 Å². The molecule has 0 aliphatic heterocycles. The van der Waals surface area contributed by atoms with Gasteiger partial charge in [0.05, 0.1) is 0 Å². The Morgan fingerprint density at radius 3 is 0.846 bits per heavy atom. The van der Waals surface area contributed by atoms with Gasteiger partial charge in [0, 0.05) is 0 Å². The highest BCUT2D eigenvalue weighted by Crippen LogP contribution is 2.26. The van der Waals surface area contributed by atoms with Crippen molar-refractivity contribution in [1.82, 2.24) is 0 Å². The fraction of sp³-hybridized carbons (Fsp3) is 0. The van der Waals surface area contributed by atoms with Gasteiger partial charge in [-0.2, -0.15) is 0 Å². The van der Waals surface area contributed by atoms with Crippen molar-refractivity contribution < 1.29 is 43.1 Å². The SMILES string of the molecule is O=P(O)(O)O.O=P(O)(O)O.O=PCl. The van der Waals surface area contributed by atoms with E-state index in [-0.39, 0.29) is 7.81 Å². The maximum Gasteiger partial charge on any atom is 0.466 e. The summed E-state index contributed by atoms with van der Waals surface area (Å²) in [7, 11) is -9.64. The van der Waals surface area contributed by atoms with Crippen LogP contribution in [0.5, 0.6) is 0 Å². The molecule has 0 rings (SSSR count). The van der Waals surface area contributed by atoms with Crippen LogP contribution in [0.25, 0.3) is 0 Å². The lowest BCUT2D eigenvalue weighted by molar-refractivity contribution is 0.272. The lowest BCUT2D eigenvalue weighted by atomic mass is 15.8. The molecule has 13 heavy (non-hydrogen) atoms. The Hall–Kier alpha value is 0.610. The molecule has 0 aromatic rings. The summed E-state index contributed by atoms with van der Waals surface area (Å²) in [6, 6.07) is 0. The van der Waals surface area contributed by atoms with E-state index < -0.39 is 15.6 Å². The minimum Gasteiger partial charge on any atom is -0.303 e. The summed E-state index contributed by atoms with van der Waals surface area (Å²) in [5, 5.41) is 0. The fourth-order valence-electron chi connectivity index (χ4n) is 0. The number of halogens is 1. The summed E-state index contributed by atoms with van der Waals surface area (Å²) in [6.45, 7) is 0. The molecule has 9 nitrogen and oxygen atoms in total. The standard InChI is InChI=1S/ClOP.2H3O4P/c1-3-2;2*1-5(2,3)4/h;2*(H3,1,2,3,4). The van der Waals surface area contributed by atoms with E-state index in [9.17, 15) is 0 Å². The fourth-order valence-corrected chi connectivity index (χ4v) is 0. The van der Waals surface area contributed by atoms with Gasteiger partial charge >= 0.3 is 15.6 Å². The molecular weight excluding hydrogens is 272 g/mol. The van der Waals surface area contributed by atoms with Crippen LogP contribution in [0, 0.1) is 0 Å². The third kappa shape index (κ3) is 3810. The van der Waals surface area contributed by atoms with E-state index in [0.717, 1.165) is 0 Å². The summed E-state index contributed by atoms with van der Waals surface area (Å²) in [6.07, 6.45) is 0. The van der Waals surface area contributed by atoms with E-state index in [4.69, 9.17) is 43.1 Å². The van der Waals surface area contributed by atoms with E-state index >= 15 is 0 Å². The normalized spacial score (nSPS) is 10.7. The molecule has 0 aromatic heterocycles. The molecule has 0 unspecified atom stereocenters. The molecule has 6 N–H and O–H groups in total. The first-order valence-electron chi connectivity index (χ1n) is 1.92. The lowest BCUT2D eigenvalue weighted by Crippen LogP contribution is -1.66. The molecular formula is H6ClO9P3. The largest absolute Gasteiger partial charge is 0.466 e. The van der Waals surface area contributed by atoms with Crippen LogP contribution >= 0.6 is 34.7 Å². The van der Waals surface area contributed by atoms with Gasteiger partial charge in [-0.25, -0.2) is 9.13 Å². The maximum atomic E-state index is 8.88. The van der Waals surface area contributed by atoms with Gasteiger partial charge in [0.25, 0.3) is 7.81 Å². The van der Waals surface area contributed by atoms with Crippen molar-refractivity contribution in [3.05, 3.63) is 0 Å². The van der Waals surface area contributed by atoms with Crippen molar-refractivity contribution in [3.8, 4) is 0 Å². The lowest BCUT2D eigenvalue weighted by Gasteiger charge is -1.82. The Morgan fingerprint density at radius 1 is 0.846 bits per heavy atom. The predicted molar refractivity (Wildman–Crippen MR) is 42.0 cm³/mol. The highest BCUT2D eigenvalue weighted by molar-refractivity contribution is 7.57. The molecule has 0 saturated heterocycles. The monoisotopic (exact) mass is 278 g/mol. The van der Waals surface area contributed by atoms with Crippen molar-refractivity contribution in [2.45, 2.75) is 0 Å².